The number of carbonyl (C=O) groups excluding carboxylic acids is 1. The molecule has 3 rings (SSSR count). The van der Waals surface area contributed by atoms with Crippen molar-refractivity contribution in [2.24, 2.45) is 0 Å². The zero-order chi connectivity index (χ0) is 19.1. The zero-order valence-corrected chi connectivity index (χ0v) is 16.0. The van der Waals surface area contributed by atoms with Crippen molar-refractivity contribution in [2.45, 2.75) is 25.1 Å². The fourth-order valence-electron chi connectivity index (χ4n) is 2.48. The number of benzene rings is 2. The van der Waals surface area contributed by atoms with Crippen LogP contribution in [0.25, 0.3) is 11.5 Å². The predicted octanol–water partition coefficient (Wildman–Crippen LogP) is 4.10. The Labute approximate surface area is 162 Å². The summed E-state index contributed by atoms with van der Waals surface area (Å²) < 4.78 is 11.0. The van der Waals surface area contributed by atoms with E-state index in [1.54, 1.807) is 0 Å². The van der Waals surface area contributed by atoms with Gasteiger partial charge in [0.2, 0.25) is 11.8 Å². The van der Waals surface area contributed by atoms with Gasteiger partial charge in [0.05, 0.1) is 18.4 Å². The van der Waals surface area contributed by atoms with E-state index in [0.717, 1.165) is 16.9 Å². The highest BCUT2D eigenvalue weighted by Gasteiger charge is 2.13. The molecule has 1 aromatic heterocycles. The van der Waals surface area contributed by atoms with Crippen molar-refractivity contribution in [3.8, 4) is 17.2 Å². The molecule has 0 aliphatic carbocycles. The van der Waals surface area contributed by atoms with E-state index in [2.05, 4.69) is 15.5 Å². The number of carbonyl (C=O) groups is 1. The summed E-state index contributed by atoms with van der Waals surface area (Å²) in [6.45, 7) is 4.51. The number of hydrogen-bond acceptors (Lipinski definition) is 6. The van der Waals surface area contributed by atoms with E-state index in [0.29, 0.717) is 17.7 Å². The average Bonchev–Trinajstić information content (AvgIpc) is 3.17. The fourth-order valence-corrected chi connectivity index (χ4v) is 3.05. The first-order valence-corrected chi connectivity index (χ1v) is 9.68. The lowest BCUT2D eigenvalue weighted by Gasteiger charge is -2.13. The van der Waals surface area contributed by atoms with E-state index in [-0.39, 0.29) is 17.7 Å². The molecule has 0 radical (unpaired) electrons. The standard InChI is InChI=1S/C20H21N3O3S/c1-3-25-17-11-9-16(10-12-17)19-22-23-20(26-19)27-13-18(24)21-14(2)15-7-5-4-6-8-15/h4-12,14H,3,13H2,1-2H3,(H,21,24)/t14-/m1/s1. The van der Waals surface area contributed by atoms with Gasteiger partial charge in [0, 0.05) is 5.56 Å². The predicted molar refractivity (Wildman–Crippen MR) is 105 cm³/mol. The Morgan fingerprint density at radius 3 is 2.59 bits per heavy atom. The molecule has 3 aromatic rings. The van der Waals surface area contributed by atoms with Crippen LogP contribution in [0.4, 0.5) is 0 Å². The maximum Gasteiger partial charge on any atom is 0.277 e. The normalized spacial score (nSPS) is 11.8. The minimum Gasteiger partial charge on any atom is -0.494 e. The Bertz CT molecular complexity index is 866. The number of ether oxygens (including phenoxy) is 1. The molecule has 1 heterocycles. The van der Waals surface area contributed by atoms with E-state index in [4.69, 9.17) is 9.15 Å². The third-order valence-corrected chi connectivity index (χ3v) is 4.64. The Morgan fingerprint density at radius 1 is 1.15 bits per heavy atom. The maximum atomic E-state index is 12.1. The molecule has 1 N–H and O–H groups in total. The fraction of sp³-hybridized carbons (Fsp3) is 0.250. The van der Waals surface area contributed by atoms with Crippen LogP contribution in [-0.4, -0.2) is 28.5 Å². The first kappa shape index (κ1) is 19.0. The van der Waals surface area contributed by atoms with Crippen LogP contribution in [0.5, 0.6) is 5.75 Å². The molecular formula is C20H21N3O3S. The molecule has 0 saturated heterocycles. The third-order valence-electron chi connectivity index (χ3n) is 3.82. The van der Waals surface area contributed by atoms with Crippen molar-refractivity contribution in [1.29, 1.82) is 0 Å². The summed E-state index contributed by atoms with van der Waals surface area (Å²) in [7, 11) is 0. The Hall–Kier alpha value is -2.80. The number of thioether (sulfide) groups is 1. The summed E-state index contributed by atoms with van der Waals surface area (Å²) >= 11 is 1.22. The molecule has 0 fully saturated rings. The van der Waals surface area contributed by atoms with Gasteiger partial charge in [-0.15, -0.1) is 10.2 Å². The second kappa shape index (κ2) is 9.23. The smallest absolute Gasteiger partial charge is 0.277 e. The van der Waals surface area contributed by atoms with Crippen LogP contribution in [0.15, 0.2) is 64.2 Å². The molecule has 1 amide bonds. The van der Waals surface area contributed by atoms with E-state index in [9.17, 15) is 4.79 Å². The first-order valence-electron chi connectivity index (χ1n) is 8.69. The topological polar surface area (TPSA) is 77.2 Å². The van der Waals surface area contributed by atoms with Gasteiger partial charge in [0.15, 0.2) is 0 Å². The third kappa shape index (κ3) is 5.34. The molecule has 0 aliphatic rings. The minimum atomic E-state index is -0.0860. The van der Waals surface area contributed by atoms with Gasteiger partial charge in [-0.05, 0) is 43.7 Å². The van der Waals surface area contributed by atoms with E-state index in [1.165, 1.54) is 11.8 Å². The van der Waals surface area contributed by atoms with Crippen molar-refractivity contribution < 1.29 is 13.9 Å². The quantitative estimate of drug-likeness (QED) is 0.590. The highest BCUT2D eigenvalue weighted by molar-refractivity contribution is 7.99. The molecule has 2 aromatic carbocycles. The number of hydrogen-bond donors (Lipinski definition) is 1. The molecular weight excluding hydrogens is 362 g/mol. The number of rotatable bonds is 8. The van der Waals surface area contributed by atoms with Crippen molar-refractivity contribution in [3.05, 3.63) is 60.2 Å². The summed E-state index contributed by atoms with van der Waals surface area (Å²) in [5, 5.41) is 11.4. The van der Waals surface area contributed by atoms with Gasteiger partial charge in [0.1, 0.15) is 5.75 Å². The molecule has 6 nitrogen and oxygen atoms in total. The van der Waals surface area contributed by atoms with Crippen molar-refractivity contribution in [3.63, 3.8) is 0 Å². The molecule has 27 heavy (non-hydrogen) atoms. The number of aromatic nitrogens is 2. The lowest BCUT2D eigenvalue weighted by molar-refractivity contribution is -0.119. The van der Waals surface area contributed by atoms with Crippen LogP contribution < -0.4 is 10.1 Å². The second-order valence-corrected chi connectivity index (χ2v) is 6.75. The lowest BCUT2D eigenvalue weighted by atomic mass is 10.1. The van der Waals surface area contributed by atoms with Crippen LogP contribution in [0.1, 0.15) is 25.5 Å². The summed E-state index contributed by atoms with van der Waals surface area (Å²) in [5.74, 6) is 1.33. The van der Waals surface area contributed by atoms with Gasteiger partial charge >= 0.3 is 0 Å². The van der Waals surface area contributed by atoms with Crippen LogP contribution in [0.3, 0.4) is 0 Å². The molecule has 0 aliphatic heterocycles. The molecule has 1 atom stereocenters. The van der Waals surface area contributed by atoms with Gasteiger partial charge in [0.25, 0.3) is 5.22 Å². The van der Waals surface area contributed by atoms with E-state index in [1.807, 2.05) is 68.4 Å². The number of amides is 1. The van der Waals surface area contributed by atoms with Crippen LogP contribution in [-0.2, 0) is 4.79 Å². The average molecular weight is 383 g/mol. The second-order valence-electron chi connectivity index (χ2n) is 5.82. The highest BCUT2D eigenvalue weighted by atomic mass is 32.2. The van der Waals surface area contributed by atoms with Gasteiger partial charge < -0.3 is 14.5 Å². The SMILES string of the molecule is CCOc1ccc(-c2nnc(SCC(=O)N[C@H](C)c3ccccc3)o2)cc1. The Morgan fingerprint density at radius 2 is 1.89 bits per heavy atom. The summed E-state index contributed by atoms with van der Waals surface area (Å²) in [5.41, 5.74) is 1.87. The van der Waals surface area contributed by atoms with Crippen molar-refractivity contribution in [1.82, 2.24) is 15.5 Å². The molecule has 0 bridgehead atoms. The van der Waals surface area contributed by atoms with Crippen LogP contribution in [0.2, 0.25) is 0 Å². The highest BCUT2D eigenvalue weighted by Crippen LogP contribution is 2.25. The van der Waals surface area contributed by atoms with Gasteiger partial charge in [-0.1, -0.05) is 42.1 Å². The van der Waals surface area contributed by atoms with Gasteiger partial charge in [-0.3, -0.25) is 4.79 Å². The molecule has 0 unspecified atom stereocenters. The molecule has 0 saturated carbocycles. The van der Waals surface area contributed by atoms with Gasteiger partial charge in [-0.25, -0.2) is 0 Å². The minimum absolute atomic E-state index is 0.0543. The summed E-state index contributed by atoms with van der Waals surface area (Å²) in [6, 6.07) is 17.2. The largest absolute Gasteiger partial charge is 0.494 e. The monoisotopic (exact) mass is 383 g/mol. The van der Waals surface area contributed by atoms with Crippen molar-refractivity contribution >= 4 is 17.7 Å². The van der Waals surface area contributed by atoms with Crippen LogP contribution in [0, 0.1) is 0 Å². The first-order chi connectivity index (χ1) is 13.2. The van der Waals surface area contributed by atoms with Crippen LogP contribution >= 0.6 is 11.8 Å². The maximum absolute atomic E-state index is 12.1. The summed E-state index contributed by atoms with van der Waals surface area (Å²) in [6.07, 6.45) is 0. The Balaban J connectivity index is 1.52. The van der Waals surface area contributed by atoms with Crippen molar-refractivity contribution in [2.75, 3.05) is 12.4 Å². The van der Waals surface area contributed by atoms with E-state index >= 15 is 0 Å². The molecule has 140 valence electrons. The van der Waals surface area contributed by atoms with Gasteiger partial charge in [-0.2, -0.15) is 0 Å². The van der Waals surface area contributed by atoms with E-state index < -0.39 is 0 Å². The number of nitrogens with one attached hydrogen (secondary N) is 1. The molecule has 0 spiro atoms. The Kier molecular flexibility index (Phi) is 6.49. The number of nitrogens with zero attached hydrogens (tertiary/aromatic N) is 2. The molecule has 7 heteroatoms. The summed E-state index contributed by atoms with van der Waals surface area (Å²) in [4.78, 5) is 12.1. The lowest BCUT2D eigenvalue weighted by Crippen LogP contribution is -2.28. The zero-order valence-electron chi connectivity index (χ0n) is 15.2.